The van der Waals surface area contributed by atoms with Gasteiger partial charge in [0.25, 0.3) is 0 Å². The predicted octanol–water partition coefficient (Wildman–Crippen LogP) is 3.09. The quantitative estimate of drug-likeness (QED) is 0.834. The number of aromatic nitrogens is 1. The van der Waals surface area contributed by atoms with Gasteiger partial charge in [-0.05, 0) is 37.1 Å². The minimum absolute atomic E-state index is 0.380. The van der Waals surface area contributed by atoms with E-state index in [0.29, 0.717) is 5.25 Å². The average molecular weight is 247 g/mol. The molecule has 1 aromatic heterocycles. The molecule has 0 aliphatic carbocycles. The molecule has 1 unspecified atom stereocenters. The van der Waals surface area contributed by atoms with Gasteiger partial charge in [-0.25, -0.2) is 4.79 Å². The highest BCUT2D eigenvalue weighted by molar-refractivity contribution is 8.03. The van der Waals surface area contributed by atoms with E-state index in [-0.39, 0.29) is 0 Å². The maximum Gasteiger partial charge on any atom is 0.328 e. The SMILES string of the molecule is Cc1cc(C2CC=C(/C=C/C(=O)O)S2)ccn1. The molecule has 0 radical (unpaired) electrons. The molecule has 1 atom stereocenters. The van der Waals surface area contributed by atoms with E-state index >= 15 is 0 Å². The monoisotopic (exact) mass is 247 g/mol. The standard InChI is InChI=1S/C13H13NO2S/c1-9-8-10(6-7-14-9)12-4-2-11(17-12)3-5-13(15)16/h2-3,5-8,12H,4H2,1H3,(H,15,16)/b5-3+. The molecule has 0 bridgehead atoms. The molecule has 17 heavy (non-hydrogen) atoms. The fourth-order valence-corrected chi connectivity index (χ4v) is 2.86. The lowest BCUT2D eigenvalue weighted by Gasteiger charge is -2.09. The van der Waals surface area contributed by atoms with Gasteiger partial charge >= 0.3 is 5.97 Å². The van der Waals surface area contributed by atoms with Gasteiger partial charge in [0, 0.05) is 28.1 Å². The Morgan fingerprint density at radius 3 is 3.18 bits per heavy atom. The number of pyridine rings is 1. The van der Waals surface area contributed by atoms with E-state index in [1.165, 1.54) is 11.6 Å². The lowest BCUT2D eigenvalue weighted by Crippen LogP contribution is -1.91. The molecule has 88 valence electrons. The molecule has 0 spiro atoms. The van der Waals surface area contributed by atoms with Crippen molar-refractivity contribution in [2.45, 2.75) is 18.6 Å². The minimum Gasteiger partial charge on any atom is -0.478 e. The van der Waals surface area contributed by atoms with E-state index in [2.05, 4.69) is 17.1 Å². The highest BCUT2D eigenvalue weighted by atomic mass is 32.2. The third kappa shape index (κ3) is 3.20. The zero-order valence-electron chi connectivity index (χ0n) is 9.46. The summed E-state index contributed by atoms with van der Waals surface area (Å²) in [5.74, 6) is -0.908. The Labute approximate surface area is 104 Å². The molecular formula is C13H13NO2S. The molecule has 1 aromatic rings. The van der Waals surface area contributed by atoms with Crippen LogP contribution in [0.3, 0.4) is 0 Å². The van der Waals surface area contributed by atoms with Crippen molar-refractivity contribution in [1.82, 2.24) is 4.98 Å². The maximum atomic E-state index is 10.4. The van der Waals surface area contributed by atoms with Gasteiger partial charge in [0.2, 0.25) is 0 Å². The van der Waals surface area contributed by atoms with Crippen LogP contribution < -0.4 is 0 Å². The molecule has 2 heterocycles. The average Bonchev–Trinajstić information content (AvgIpc) is 2.75. The van der Waals surface area contributed by atoms with Crippen molar-refractivity contribution >= 4 is 17.7 Å². The van der Waals surface area contributed by atoms with Gasteiger partial charge in [0.1, 0.15) is 0 Å². The largest absolute Gasteiger partial charge is 0.478 e. The van der Waals surface area contributed by atoms with Crippen LogP contribution in [-0.4, -0.2) is 16.1 Å². The van der Waals surface area contributed by atoms with Crippen molar-refractivity contribution in [3.8, 4) is 0 Å². The summed E-state index contributed by atoms with van der Waals surface area (Å²) in [4.78, 5) is 15.6. The van der Waals surface area contributed by atoms with Gasteiger partial charge in [-0.3, -0.25) is 4.98 Å². The summed E-state index contributed by atoms with van der Waals surface area (Å²) < 4.78 is 0. The molecule has 0 saturated heterocycles. The van der Waals surface area contributed by atoms with Crippen molar-refractivity contribution in [2.75, 3.05) is 0 Å². The summed E-state index contributed by atoms with van der Waals surface area (Å²) in [5, 5.41) is 8.94. The number of allylic oxidation sites excluding steroid dienone is 2. The van der Waals surface area contributed by atoms with Gasteiger partial charge < -0.3 is 5.11 Å². The van der Waals surface area contributed by atoms with Crippen LogP contribution >= 0.6 is 11.8 Å². The van der Waals surface area contributed by atoms with Gasteiger partial charge in [0.05, 0.1) is 0 Å². The van der Waals surface area contributed by atoms with E-state index in [9.17, 15) is 4.79 Å². The van der Waals surface area contributed by atoms with Crippen molar-refractivity contribution in [3.05, 3.63) is 52.7 Å². The Kier molecular flexibility index (Phi) is 3.64. The fourth-order valence-electron chi connectivity index (χ4n) is 1.72. The highest BCUT2D eigenvalue weighted by Gasteiger charge is 2.18. The fraction of sp³-hybridized carbons (Fsp3) is 0.231. The van der Waals surface area contributed by atoms with Crippen molar-refractivity contribution < 1.29 is 9.90 Å². The summed E-state index contributed by atoms with van der Waals surface area (Å²) in [6, 6.07) is 4.09. The van der Waals surface area contributed by atoms with Crippen molar-refractivity contribution in [1.29, 1.82) is 0 Å². The second-order valence-electron chi connectivity index (χ2n) is 3.85. The Balaban J connectivity index is 2.03. The van der Waals surface area contributed by atoms with Crippen molar-refractivity contribution in [3.63, 3.8) is 0 Å². The molecule has 1 aliphatic rings. The van der Waals surface area contributed by atoms with Crippen LogP contribution in [0.2, 0.25) is 0 Å². The van der Waals surface area contributed by atoms with Crippen LogP contribution in [0, 0.1) is 6.92 Å². The number of aliphatic carboxylic acids is 1. The van der Waals surface area contributed by atoms with Crippen LogP contribution in [0.1, 0.15) is 22.9 Å². The third-order valence-corrected chi connectivity index (χ3v) is 3.82. The number of carboxylic acids is 1. The third-order valence-electron chi connectivity index (χ3n) is 2.49. The zero-order chi connectivity index (χ0) is 12.3. The van der Waals surface area contributed by atoms with Crippen molar-refractivity contribution in [2.24, 2.45) is 0 Å². The number of thioether (sulfide) groups is 1. The Morgan fingerprint density at radius 1 is 1.65 bits per heavy atom. The number of carboxylic acid groups (broad SMARTS) is 1. The van der Waals surface area contributed by atoms with Gasteiger partial charge in [0.15, 0.2) is 0 Å². The van der Waals surface area contributed by atoms with Crippen LogP contribution in [0.5, 0.6) is 0 Å². The van der Waals surface area contributed by atoms with Crippen LogP contribution in [0.15, 0.2) is 41.5 Å². The van der Waals surface area contributed by atoms with E-state index in [4.69, 9.17) is 5.11 Å². The zero-order valence-corrected chi connectivity index (χ0v) is 10.3. The molecule has 1 N–H and O–H groups in total. The number of hydrogen-bond donors (Lipinski definition) is 1. The molecule has 0 aromatic carbocycles. The summed E-state index contributed by atoms with van der Waals surface area (Å²) in [7, 11) is 0. The molecule has 0 amide bonds. The molecule has 0 fully saturated rings. The normalized spacial score (nSPS) is 19.6. The Morgan fingerprint density at radius 2 is 2.47 bits per heavy atom. The second kappa shape index (κ2) is 5.19. The smallest absolute Gasteiger partial charge is 0.328 e. The number of hydrogen-bond acceptors (Lipinski definition) is 3. The van der Waals surface area contributed by atoms with Crippen LogP contribution in [0.4, 0.5) is 0 Å². The van der Waals surface area contributed by atoms with Gasteiger partial charge in [-0.2, -0.15) is 0 Å². The first-order valence-corrected chi connectivity index (χ1v) is 6.23. The molecule has 0 saturated carbocycles. The van der Waals surface area contributed by atoms with Crippen LogP contribution in [0.25, 0.3) is 0 Å². The molecular weight excluding hydrogens is 234 g/mol. The maximum absolute atomic E-state index is 10.4. The highest BCUT2D eigenvalue weighted by Crippen LogP contribution is 2.43. The number of rotatable bonds is 3. The van der Waals surface area contributed by atoms with E-state index in [0.717, 1.165) is 17.0 Å². The lowest BCUT2D eigenvalue weighted by atomic mass is 10.1. The first-order chi connectivity index (χ1) is 8.15. The summed E-state index contributed by atoms with van der Waals surface area (Å²) in [6.07, 6.45) is 7.66. The van der Waals surface area contributed by atoms with Gasteiger partial charge in [-0.1, -0.05) is 6.08 Å². The topological polar surface area (TPSA) is 50.2 Å². The molecule has 3 nitrogen and oxygen atoms in total. The molecule has 4 heteroatoms. The van der Waals surface area contributed by atoms with Crippen LogP contribution in [-0.2, 0) is 4.79 Å². The second-order valence-corrected chi connectivity index (χ2v) is 5.13. The Bertz CT molecular complexity index is 494. The Hall–Kier alpha value is -1.55. The van der Waals surface area contributed by atoms with Gasteiger partial charge in [-0.15, -0.1) is 11.8 Å². The molecule has 2 rings (SSSR count). The predicted molar refractivity (Wildman–Crippen MR) is 68.8 cm³/mol. The summed E-state index contributed by atoms with van der Waals surface area (Å²) in [5.41, 5.74) is 2.26. The van der Waals surface area contributed by atoms with E-state index in [1.807, 2.05) is 19.2 Å². The first-order valence-electron chi connectivity index (χ1n) is 5.35. The summed E-state index contributed by atoms with van der Waals surface area (Å²) >= 11 is 1.70. The lowest BCUT2D eigenvalue weighted by molar-refractivity contribution is -0.131. The number of nitrogens with zero attached hydrogens (tertiary/aromatic N) is 1. The molecule has 1 aliphatic heterocycles. The minimum atomic E-state index is -0.908. The number of aryl methyl sites for hydroxylation is 1. The van der Waals surface area contributed by atoms with E-state index < -0.39 is 5.97 Å². The first kappa shape index (κ1) is 11.9. The summed E-state index contributed by atoms with van der Waals surface area (Å²) in [6.45, 7) is 1.97. The number of carbonyl (C=O) groups is 1. The van der Waals surface area contributed by atoms with E-state index in [1.54, 1.807) is 17.8 Å².